The minimum Gasteiger partial charge on any atom is -0.379 e. The van der Waals surface area contributed by atoms with Crippen molar-refractivity contribution in [2.24, 2.45) is 5.92 Å². The Kier molecular flexibility index (Phi) is 8.94. The highest BCUT2D eigenvalue weighted by molar-refractivity contribution is 7.91. The Morgan fingerprint density at radius 2 is 1.62 bits per heavy atom. The van der Waals surface area contributed by atoms with E-state index in [1.807, 2.05) is 12.1 Å². The molecular weight excluding hydrogens is 565 g/mol. The van der Waals surface area contributed by atoms with Crippen molar-refractivity contribution in [3.05, 3.63) is 95.1 Å². The van der Waals surface area contributed by atoms with Gasteiger partial charge in [0.2, 0.25) is 0 Å². The summed E-state index contributed by atoms with van der Waals surface area (Å²) in [5.41, 5.74) is 2.42. The molecule has 1 unspecified atom stereocenters. The van der Waals surface area contributed by atoms with E-state index in [1.165, 1.54) is 12.8 Å². The van der Waals surface area contributed by atoms with Crippen LogP contribution < -0.4 is 10.2 Å². The number of hydrogen-bond acceptors (Lipinski definition) is 5. The molecule has 2 fully saturated rings. The third kappa shape index (κ3) is 7.33. The number of benzene rings is 3. The van der Waals surface area contributed by atoms with Gasteiger partial charge in [0.25, 0.3) is 5.91 Å². The number of carbonyl (C=O) groups excluding carboxylic acids is 1. The second-order valence-corrected chi connectivity index (χ2v) is 13.4. The van der Waals surface area contributed by atoms with Gasteiger partial charge in [-0.3, -0.25) is 4.79 Å². The Bertz CT molecular complexity index is 1470. The van der Waals surface area contributed by atoms with Gasteiger partial charge in [0.15, 0.2) is 9.84 Å². The molecule has 0 aromatic heterocycles. The van der Waals surface area contributed by atoms with Gasteiger partial charge >= 0.3 is 6.18 Å². The van der Waals surface area contributed by atoms with Crippen LogP contribution in [-0.2, 0) is 27.3 Å². The molecule has 0 bridgehead atoms. The molecular formula is C32H35F3N2O4S. The normalized spacial score (nSPS) is 19.2. The number of ether oxygens (including phenoxy) is 1. The summed E-state index contributed by atoms with van der Waals surface area (Å²) in [6.45, 7) is 3.76. The summed E-state index contributed by atoms with van der Waals surface area (Å²) in [4.78, 5) is 15.3. The van der Waals surface area contributed by atoms with Crippen molar-refractivity contribution in [1.82, 2.24) is 5.32 Å². The van der Waals surface area contributed by atoms with Crippen molar-refractivity contribution in [3.63, 3.8) is 0 Å². The Labute approximate surface area is 244 Å². The maximum Gasteiger partial charge on any atom is 0.416 e. The monoisotopic (exact) mass is 600 g/mol. The van der Waals surface area contributed by atoms with E-state index < -0.39 is 21.6 Å². The van der Waals surface area contributed by atoms with Crippen molar-refractivity contribution >= 4 is 21.4 Å². The molecule has 1 heterocycles. The third-order valence-corrected chi connectivity index (χ3v) is 9.81. The Morgan fingerprint density at radius 3 is 2.21 bits per heavy atom. The number of carbonyl (C=O) groups is 1. The van der Waals surface area contributed by atoms with E-state index >= 15 is 0 Å². The molecule has 42 heavy (non-hydrogen) atoms. The maximum absolute atomic E-state index is 13.1. The molecule has 1 saturated heterocycles. The molecule has 0 radical (unpaired) electrons. The molecule has 1 aliphatic carbocycles. The molecule has 6 nitrogen and oxygen atoms in total. The molecule has 2 aliphatic rings. The van der Waals surface area contributed by atoms with Gasteiger partial charge in [0.1, 0.15) is 0 Å². The van der Waals surface area contributed by atoms with E-state index in [9.17, 15) is 26.4 Å². The summed E-state index contributed by atoms with van der Waals surface area (Å²) in [5.74, 6) is 0.467. The van der Waals surface area contributed by atoms with Crippen LogP contribution in [0.3, 0.4) is 0 Å². The van der Waals surface area contributed by atoms with E-state index in [1.54, 1.807) is 55.5 Å². The lowest BCUT2D eigenvalue weighted by Crippen LogP contribution is -2.33. The van der Waals surface area contributed by atoms with Gasteiger partial charge < -0.3 is 15.0 Å². The van der Waals surface area contributed by atoms with Crippen LogP contribution in [0, 0.1) is 5.92 Å². The molecule has 224 valence electrons. The average molecular weight is 601 g/mol. The van der Waals surface area contributed by atoms with E-state index in [4.69, 9.17) is 4.74 Å². The summed E-state index contributed by atoms with van der Waals surface area (Å²) in [5, 5.41) is 2.87. The van der Waals surface area contributed by atoms with Gasteiger partial charge in [-0.25, -0.2) is 8.42 Å². The Morgan fingerprint density at radius 1 is 0.952 bits per heavy atom. The van der Waals surface area contributed by atoms with Gasteiger partial charge in [-0.15, -0.1) is 0 Å². The Hall–Kier alpha value is -3.37. The van der Waals surface area contributed by atoms with Gasteiger partial charge in [-0.05, 0) is 84.8 Å². The van der Waals surface area contributed by atoms with E-state index in [-0.39, 0.29) is 35.1 Å². The molecule has 1 N–H and O–H groups in total. The number of nitrogens with one attached hydrogen (secondary N) is 1. The lowest BCUT2D eigenvalue weighted by Gasteiger charge is -2.27. The number of sulfone groups is 1. The molecule has 1 amide bonds. The molecule has 1 aliphatic heterocycles. The molecule has 1 saturated carbocycles. The topological polar surface area (TPSA) is 75.7 Å². The average Bonchev–Trinajstić information content (AvgIpc) is 3.72. The van der Waals surface area contributed by atoms with Crippen LogP contribution >= 0.6 is 0 Å². The largest absolute Gasteiger partial charge is 0.416 e. The fourth-order valence-corrected chi connectivity index (χ4v) is 6.19. The quantitative estimate of drug-likeness (QED) is 0.283. The smallest absolute Gasteiger partial charge is 0.379 e. The van der Waals surface area contributed by atoms with Crippen molar-refractivity contribution in [2.45, 2.75) is 55.8 Å². The van der Waals surface area contributed by atoms with Crippen LogP contribution in [0.1, 0.15) is 59.2 Å². The van der Waals surface area contributed by atoms with Crippen molar-refractivity contribution in [1.29, 1.82) is 0 Å². The van der Waals surface area contributed by atoms with Crippen LogP contribution in [0.4, 0.5) is 18.9 Å². The number of alkyl halides is 3. The number of rotatable bonds is 11. The van der Waals surface area contributed by atoms with Crippen LogP contribution in [-0.4, -0.2) is 45.9 Å². The maximum atomic E-state index is 13.1. The minimum absolute atomic E-state index is 0.0282. The highest BCUT2D eigenvalue weighted by Gasteiger charge is 2.35. The van der Waals surface area contributed by atoms with Crippen LogP contribution in [0.15, 0.2) is 77.7 Å². The van der Waals surface area contributed by atoms with Crippen molar-refractivity contribution in [3.8, 4) is 0 Å². The van der Waals surface area contributed by atoms with E-state index in [0.717, 1.165) is 42.0 Å². The van der Waals surface area contributed by atoms with Crippen molar-refractivity contribution < 1.29 is 31.1 Å². The highest BCUT2D eigenvalue weighted by Crippen LogP contribution is 2.37. The number of amides is 1. The molecule has 3 aromatic carbocycles. The van der Waals surface area contributed by atoms with Gasteiger partial charge in [-0.2, -0.15) is 13.2 Å². The second-order valence-electron chi connectivity index (χ2n) is 11.1. The van der Waals surface area contributed by atoms with Crippen LogP contribution in [0.2, 0.25) is 0 Å². The lowest BCUT2D eigenvalue weighted by atomic mass is 9.95. The number of halogens is 3. The standard InChI is InChI=1S/C32H35F3N2O4S/c1-2-42(39,40)30-15-5-22(6-16-30)18-36-31(38)25-9-13-28(14-10-25)37-19-26(17-29(37)21-41-20-23-3-4-23)24-7-11-27(12-8-24)32(33,34)35/h5-16,23,26,29H,2-4,17-21H2,1H3,(H,36,38)/t26?,29-/m0/s1. The summed E-state index contributed by atoms with van der Waals surface area (Å²) < 4.78 is 69.2. The molecule has 0 spiro atoms. The minimum atomic E-state index is -4.37. The van der Waals surface area contributed by atoms with Gasteiger partial charge in [-0.1, -0.05) is 31.2 Å². The molecule has 10 heteroatoms. The predicted octanol–water partition coefficient (Wildman–Crippen LogP) is 6.22. The van der Waals surface area contributed by atoms with E-state index in [0.29, 0.717) is 24.6 Å². The fraction of sp³-hybridized carbons (Fsp3) is 0.406. The van der Waals surface area contributed by atoms with E-state index in [2.05, 4.69) is 10.2 Å². The second kappa shape index (κ2) is 12.5. The van der Waals surface area contributed by atoms with Crippen LogP contribution in [0.25, 0.3) is 0 Å². The first-order chi connectivity index (χ1) is 20.0. The summed E-state index contributed by atoms with van der Waals surface area (Å²) in [7, 11) is -3.28. The molecule has 5 rings (SSSR count). The first-order valence-electron chi connectivity index (χ1n) is 14.2. The zero-order valence-corrected chi connectivity index (χ0v) is 24.3. The predicted molar refractivity (Wildman–Crippen MR) is 155 cm³/mol. The SMILES string of the molecule is CCS(=O)(=O)c1ccc(CNC(=O)c2ccc(N3CC(c4ccc(C(F)(F)F)cc4)C[C@H]3COCC3CC3)cc2)cc1. The summed E-state index contributed by atoms with van der Waals surface area (Å²) in [6.07, 6.45) is -1.22. The lowest BCUT2D eigenvalue weighted by molar-refractivity contribution is -0.137. The summed E-state index contributed by atoms with van der Waals surface area (Å²) >= 11 is 0. The number of nitrogens with zero attached hydrogens (tertiary/aromatic N) is 1. The first kappa shape index (κ1) is 30.1. The Balaban J connectivity index is 1.23. The number of hydrogen-bond donors (Lipinski definition) is 1. The van der Waals surface area contributed by atoms with Crippen molar-refractivity contribution in [2.75, 3.05) is 30.4 Å². The summed E-state index contributed by atoms with van der Waals surface area (Å²) in [6, 6.07) is 19.3. The molecule has 3 aromatic rings. The highest BCUT2D eigenvalue weighted by atomic mass is 32.2. The zero-order valence-electron chi connectivity index (χ0n) is 23.4. The zero-order chi connectivity index (χ0) is 29.9. The third-order valence-electron chi connectivity index (χ3n) is 8.06. The molecule has 2 atom stereocenters. The van der Waals surface area contributed by atoms with Gasteiger partial charge in [0.05, 0.1) is 28.9 Å². The van der Waals surface area contributed by atoms with Crippen LogP contribution in [0.5, 0.6) is 0 Å². The fourth-order valence-electron chi connectivity index (χ4n) is 5.30. The van der Waals surface area contributed by atoms with Gasteiger partial charge in [0, 0.05) is 36.9 Å². The first-order valence-corrected chi connectivity index (χ1v) is 15.9. The number of anilines is 1.